The number of anilines is 3. The summed E-state index contributed by atoms with van der Waals surface area (Å²) < 4.78 is 24.0. The number of hydrogen-bond donors (Lipinski definition) is 9. The van der Waals surface area contributed by atoms with E-state index in [0.717, 1.165) is 27.5 Å². The molecule has 10 N–H and O–H groups in total. The Balaban J connectivity index is 1.12. The zero-order valence-electron chi connectivity index (χ0n) is 28.1. The fourth-order valence-corrected chi connectivity index (χ4v) is 8.26. The number of phenolic OH excluding ortho intramolecular Hbond substituents is 1. The normalized spacial score (nSPS) is 16.9. The molecule has 56 heavy (non-hydrogen) atoms. The Morgan fingerprint density at radius 1 is 1.07 bits per heavy atom. The summed E-state index contributed by atoms with van der Waals surface area (Å²) in [6.07, 6.45) is 1.02. The minimum Gasteiger partial charge on any atom is -0.508 e. The summed E-state index contributed by atoms with van der Waals surface area (Å²) in [7, 11) is -3.92. The molecule has 2 aliphatic heterocycles. The first kappa shape index (κ1) is 39.2. The quantitative estimate of drug-likeness (QED) is 0.0562. The molecule has 0 saturated carbocycles. The number of sulfonamides is 1. The van der Waals surface area contributed by atoms with Crippen molar-refractivity contribution in [2.75, 3.05) is 22.1 Å². The lowest BCUT2D eigenvalue weighted by Gasteiger charge is -2.49. The molecular formula is C30H28N12O11S3. The Hall–Kier alpha value is -6.51. The van der Waals surface area contributed by atoms with Crippen LogP contribution >= 0.6 is 23.5 Å². The van der Waals surface area contributed by atoms with E-state index in [0.29, 0.717) is 11.3 Å². The van der Waals surface area contributed by atoms with Crippen LogP contribution in [0.4, 0.5) is 22.1 Å². The van der Waals surface area contributed by atoms with E-state index in [1.165, 1.54) is 60.3 Å². The van der Waals surface area contributed by atoms with Gasteiger partial charge >= 0.3 is 18.0 Å². The number of aliphatic carboxylic acids is 2. The van der Waals surface area contributed by atoms with E-state index in [9.17, 15) is 47.4 Å². The van der Waals surface area contributed by atoms with Gasteiger partial charge in [0.25, 0.3) is 11.5 Å². The van der Waals surface area contributed by atoms with Gasteiger partial charge in [-0.2, -0.15) is 0 Å². The smallest absolute Gasteiger partial charge is 0.352 e. The molecular weight excluding hydrogens is 801 g/mol. The van der Waals surface area contributed by atoms with Crippen molar-refractivity contribution >= 4 is 80.7 Å². The number of carboxylic acids is 2. The highest BCUT2D eigenvalue weighted by molar-refractivity contribution is 8.01. The van der Waals surface area contributed by atoms with E-state index in [1.807, 2.05) is 0 Å². The number of hydrogen-bond acceptors (Lipinski definition) is 16. The van der Waals surface area contributed by atoms with Gasteiger partial charge in [0.15, 0.2) is 0 Å². The lowest BCUT2D eigenvalue weighted by atomic mass is 10.0. The van der Waals surface area contributed by atoms with Crippen LogP contribution in [0.25, 0.3) is 0 Å². The second-order valence-corrected chi connectivity index (χ2v) is 15.4. The highest BCUT2D eigenvalue weighted by Crippen LogP contribution is 2.41. The maximum Gasteiger partial charge on any atom is 0.352 e. The fraction of sp³-hybridized carbons (Fsp3) is 0.200. The zero-order valence-corrected chi connectivity index (χ0v) is 30.6. The summed E-state index contributed by atoms with van der Waals surface area (Å²) >= 11 is 2.15. The molecule has 4 heterocycles. The minimum atomic E-state index is -3.92. The van der Waals surface area contributed by atoms with Gasteiger partial charge in [0.1, 0.15) is 41.1 Å². The molecule has 4 amide bonds. The Morgan fingerprint density at radius 2 is 1.79 bits per heavy atom. The van der Waals surface area contributed by atoms with E-state index >= 15 is 0 Å². The summed E-state index contributed by atoms with van der Waals surface area (Å²) in [5.41, 5.74) is -0.582. The summed E-state index contributed by atoms with van der Waals surface area (Å²) in [5.74, 6) is -4.28. The fourth-order valence-electron chi connectivity index (χ4n) is 5.38. The van der Waals surface area contributed by atoms with Crippen LogP contribution in [-0.2, 0) is 35.7 Å². The minimum absolute atomic E-state index is 0.0129. The van der Waals surface area contributed by atoms with Gasteiger partial charge in [-0.1, -0.05) is 23.9 Å². The van der Waals surface area contributed by atoms with Gasteiger partial charge in [0.2, 0.25) is 27.0 Å². The number of nitrogens with two attached hydrogens (primary N) is 1. The van der Waals surface area contributed by atoms with Crippen molar-refractivity contribution in [3.63, 3.8) is 0 Å². The number of H-pyrrole nitrogens is 1. The largest absolute Gasteiger partial charge is 0.508 e. The number of primary sulfonamides is 1. The van der Waals surface area contributed by atoms with Gasteiger partial charge in [0, 0.05) is 17.2 Å². The van der Waals surface area contributed by atoms with Crippen molar-refractivity contribution in [2.24, 2.45) is 5.14 Å². The molecule has 1 saturated heterocycles. The van der Waals surface area contributed by atoms with Crippen LogP contribution in [0.2, 0.25) is 0 Å². The molecule has 0 radical (unpaired) electrons. The summed E-state index contributed by atoms with van der Waals surface area (Å²) in [6, 6.07) is 6.73. The highest BCUT2D eigenvalue weighted by atomic mass is 32.2. The van der Waals surface area contributed by atoms with Crippen LogP contribution in [0.5, 0.6) is 5.75 Å². The molecule has 0 bridgehead atoms. The maximum atomic E-state index is 13.7. The number of aromatic nitrogens is 6. The number of aromatic hydroxyl groups is 1. The Kier molecular flexibility index (Phi) is 11.2. The number of carbonyl (C=O) groups excluding carboxylic acids is 3. The zero-order chi connectivity index (χ0) is 40.3. The monoisotopic (exact) mass is 828 g/mol. The molecule has 23 nitrogen and oxygen atoms in total. The number of fused-ring (bicyclic) bond motifs is 1. The third-order valence-electron chi connectivity index (χ3n) is 7.96. The molecule has 2 aromatic heterocycles. The van der Waals surface area contributed by atoms with Gasteiger partial charge in [0.05, 0.1) is 11.1 Å². The molecule has 0 spiro atoms. The van der Waals surface area contributed by atoms with Gasteiger partial charge in [-0.05, 0) is 58.0 Å². The molecule has 292 valence electrons. The number of aromatic amines is 1. The number of β-lactam (4-membered cyclic amide) rings is 1. The topological polar surface area (TPSA) is 347 Å². The SMILES string of the molecule is NS(=O)(=O)c1ccc(Nc2ncc(NC(=O)NC(C(=O)NC3C(=O)N4C(C(=O)O)=C(CSc5nnnn5CC(=O)O)CS[C@@H]34)c3ccc(O)cc3)c(=O)[nH]2)cc1. The highest BCUT2D eigenvalue weighted by Gasteiger charge is 2.54. The molecule has 2 aromatic carbocycles. The van der Waals surface area contributed by atoms with Crippen molar-refractivity contribution in [3.8, 4) is 5.75 Å². The summed E-state index contributed by atoms with van der Waals surface area (Å²) in [5, 5.41) is 54.2. The number of carbonyl (C=O) groups is 5. The second kappa shape index (κ2) is 16.1. The van der Waals surface area contributed by atoms with Gasteiger partial charge in [-0.25, -0.2) is 32.8 Å². The van der Waals surface area contributed by atoms with Gasteiger partial charge < -0.3 is 36.6 Å². The number of carboxylic acid groups (broad SMARTS) is 2. The molecule has 26 heteroatoms. The number of rotatable bonds is 14. The van der Waals surface area contributed by atoms with E-state index in [-0.39, 0.29) is 50.2 Å². The van der Waals surface area contributed by atoms with Crippen LogP contribution in [0.3, 0.4) is 0 Å². The van der Waals surface area contributed by atoms with Crippen LogP contribution < -0.4 is 32.0 Å². The van der Waals surface area contributed by atoms with Crippen LogP contribution in [-0.4, -0.2) is 112 Å². The molecule has 3 atom stereocenters. The number of urea groups is 1. The van der Waals surface area contributed by atoms with Crippen molar-refractivity contribution in [3.05, 3.63) is 81.9 Å². The number of amides is 4. The first-order valence-electron chi connectivity index (χ1n) is 15.8. The molecule has 4 aromatic rings. The molecule has 6 rings (SSSR count). The predicted octanol–water partition coefficient (Wildman–Crippen LogP) is -0.669. The van der Waals surface area contributed by atoms with Crippen molar-refractivity contribution in [2.45, 2.75) is 34.1 Å². The number of benzene rings is 2. The average Bonchev–Trinajstić information content (AvgIpc) is 3.58. The third-order valence-corrected chi connectivity index (χ3v) is 11.3. The molecule has 2 aliphatic rings. The van der Waals surface area contributed by atoms with Gasteiger partial charge in [-0.15, -0.1) is 16.9 Å². The third kappa shape index (κ3) is 8.72. The lowest BCUT2D eigenvalue weighted by Crippen LogP contribution is -2.71. The van der Waals surface area contributed by atoms with Crippen LogP contribution in [0.15, 0.2) is 80.8 Å². The van der Waals surface area contributed by atoms with Crippen LogP contribution in [0.1, 0.15) is 11.6 Å². The number of thioether (sulfide) groups is 2. The second-order valence-electron chi connectivity index (χ2n) is 11.7. The Morgan fingerprint density at radius 3 is 2.43 bits per heavy atom. The van der Waals surface area contributed by atoms with E-state index in [2.05, 4.69) is 46.8 Å². The lowest BCUT2D eigenvalue weighted by molar-refractivity contribution is -0.150. The summed E-state index contributed by atoms with van der Waals surface area (Å²) in [6.45, 7) is -0.517. The number of phenols is 1. The molecule has 2 unspecified atom stereocenters. The van der Waals surface area contributed by atoms with Crippen molar-refractivity contribution in [1.82, 2.24) is 45.7 Å². The summed E-state index contributed by atoms with van der Waals surface area (Å²) in [4.78, 5) is 83.8. The Labute approximate surface area is 322 Å². The maximum absolute atomic E-state index is 13.7. The first-order chi connectivity index (χ1) is 26.6. The van der Waals surface area contributed by atoms with Crippen molar-refractivity contribution in [1.29, 1.82) is 0 Å². The first-order valence-corrected chi connectivity index (χ1v) is 19.3. The Bertz CT molecular complexity index is 2420. The van der Waals surface area contributed by atoms with E-state index < -0.39 is 69.4 Å². The molecule has 0 aliphatic carbocycles. The van der Waals surface area contributed by atoms with Crippen molar-refractivity contribution < 1.29 is 47.7 Å². The van der Waals surface area contributed by atoms with E-state index in [1.54, 1.807) is 0 Å². The number of nitrogens with zero attached hydrogens (tertiary/aromatic N) is 6. The van der Waals surface area contributed by atoms with Gasteiger partial charge in [-0.3, -0.25) is 29.1 Å². The average molecular weight is 829 g/mol. The number of tetrazole rings is 1. The molecule has 1 fully saturated rings. The standard InChI is InChI=1S/C30H28N12O11S3/c31-56(52,53)17-7-3-15(4-8-17)33-28-32-9-18(23(46)37-28)34-29(51)36-20(13-1-5-16(43)6-2-13)24(47)35-21-25(48)42-22(27(49)50)14(11-54-26(21)42)12-55-30-38-39-40-41(30)10-19(44)45/h1-9,20-21,26,43H,10-12H2,(H,35,47)(H,44,45)(H,49,50)(H2,31,52,53)(H2,34,36,51)(H2,32,33,37,46)/t20?,21?,26-/m0/s1. The number of nitrogens with one attached hydrogen (secondary N) is 5. The van der Waals surface area contributed by atoms with E-state index in [4.69, 9.17) is 10.2 Å². The van der Waals surface area contributed by atoms with Crippen LogP contribution in [0, 0.1) is 0 Å². The predicted molar refractivity (Wildman–Crippen MR) is 195 cm³/mol.